The van der Waals surface area contributed by atoms with Gasteiger partial charge in [-0.2, -0.15) is 0 Å². The summed E-state index contributed by atoms with van der Waals surface area (Å²) in [5, 5.41) is 7.89. The molecular formula is C12H31ClN4O2. The second-order valence-electron chi connectivity index (χ2n) is 4.27. The number of carbonyl (C=O) groups is 1. The molecule has 0 fully saturated rings. The van der Waals surface area contributed by atoms with Gasteiger partial charge >= 0.3 is 5.97 Å². The molecule has 0 spiro atoms. The molecular weight excluding hydrogens is 268 g/mol. The molecule has 0 aromatic carbocycles. The van der Waals surface area contributed by atoms with Gasteiger partial charge in [0.05, 0.1) is 0 Å². The molecule has 7 heteroatoms. The summed E-state index contributed by atoms with van der Waals surface area (Å²) in [6.45, 7) is 8.09. The third kappa shape index (κ3) is 46.8. The zero-order valence-corrected chi connectivity index (χ0v) is 13.7. The summed E-state index contributed by atoms with van der Waals surface area (Å²) in [5.74, 6) is -0.935. The Morgan fingerprint density at radius 3 is 1.26 bits per heavy atom. The Kier molecular flexibility index (Phi) is 27.8. The highest BCUT2D eigenvalue weighted by atomic mass is 35.5. The van der Waals surface area contributed by atoms with Crippen molar-refractivity contribution < 1.29 is 9.90 Å². The van der Waals surface area contributed by atoms with Crippen molar-refractivity contribution in [3.8, 4) is 0 Å². The van der Waals surface area contributed by atoms with Gasteiger partial charge in [-0.25, -0.2) is 4.79 Å². The van der Waals surface area contributed by atoms with E-state index in [4.69, 9.17) is 16.6 Å². The topological polar surface area (TPSA) is 95.8 Å². The van der Waals surface area contributed by atoms with E-state index >= 15 is 0 Å². The van der Waals surface area contributed by atoms with Gasteiger partial charge in [-0.1, -0.05) is 6.58 Å². The monoisotopic (exact) mass is 298 g/mol. The highest BCUT2D eigenvalue weighted by Crippen LogP contribution is 1.81. The average Bonchev–Trinajstić information content (AvgIpc) is 2.18. The first-order valence-corrected chi connectivity index (χ1v) is 5.77. The average molecular weight is 299 g/mol. The van der Waals surface area contributed by atoms with Crippen LogP contribution in [0.2, 0.25) is 0 Å². The van der Waals surface area contributed by atoms with E-state index in [1.54, 1.807) is 0 Å². The number of rotatable bonds is 5. The van der Waals surface area contributed by atoms with Gasteiger partial charge in [0.1, 0.15) is 0 Å². The Morgan fingerprint density at radius 1 is 1.05 bits per heavy atom. The quantitative estimate of drug-likeness (QED) is 0.622. The lowest BCUT2D eigenvalue weighted by atomic mass is 10.4. The lowest BCUT2D eigenvalue weighted by Gasteiger charge is -2.03. The molecule has 0 rings (SSSR count). The summed E-state index contributed by atoms with van der Waals surface area (Å²) in [6.07, 6.45) is 0. The summed E-state index contributed by atoms with van der Waals surface area (Å²) in [6, 6.07) is 0. The maximum Gasteiger partial charge on any atom is 0.330 e. The Bertz CT molecular complexity index is 190. The Morgan fingerprint density at radius 2 is 1.26 bits per heavy atom. The van der Waals surface area contributed by atoms with Crippen molar-refractivity contribution in [2.45, 2.75) is 6.92 Å². The summed E-state index contributed by atoms with van der Waals surface area (Å²) >= 11 is 0. The molecule has 19 heavy (non-hydrogen) atoms. The second-order valence-corrected chi connectivity index (χ2v) is 4.27. The van der Waals surface area contributed by atoms with Crippen LogP contribution < -0.4 is 11.5 Å². The van der Waals surface area contributed by atoms with Gasteiger partial charge in [0.15, 0.2) is 0 Å². The summed E-state index contributed by atoms with van der Waals surface area (Å²) in [5.41, 5.74) is 10.6. The zero-order valence-electron chi connectivity index (χ0n) is 12.8. The molecule has 0 heterocycles. The highest BCUT2D eigenvalue weighted by molar-refractivity contribution is 5.85. The largest absolute Gasteiger partial charge is 0.478 e. The third-order valence-electron chi connectivity index (χ3n) is 1.52. The van der Waals surface area contributed by atoms with Gasteiger partial charge in [-0.3, -0.25) is 0 Å². The van der Waals surface area contributed by atoms with Crippen molar-refractivity contribution in [1.82, 2.24) is 9.80 Å². The van der Waals surface area contributed by atoms with Gasteiger partial charge in [0.2, 0.25) is 0 Å². The van der Waals surface area contributed by atoms with Crippen LogP contribution in [0.5, 0.6) is 0 Å². The van der Waals surface area contributed by atoms with Crippen LogP contribution in [0.4, 0.5) is 0 Å². The molecule has 0 aliphatic heterocycles. The molecule has 0 saturated carbocycles. The fourth-order valence-electron chi connectivity index (χ4n) is 0.516. The molecule has 0 saturated heterocycles. The molecule has 0 amide bonds. The van der Waals surface area contributed by atoms with E-state index in [1.165, 1.54) is 6.92 Å². The van der Waals surface area contributed by atoms with E-state index in [0.29, 0.717) is 0 Å². The van der Waals surface area contributed by atoms with Crippen molar-refractivity contribution in [2.75, 3.05) is 54.4 Å². The predicted octanol–water partition coefficient (Wildman–Crippen LogP) is 0.0823. The molecule has 0 atom stereocenters. The maximum atomic E-state index is 9.60. The number of nitrogens with zero attached hydrogens (tertiary/aromatic N) is 2. The number of carboxylic acid groups (broad SMARTS) is 1. The minimum atomic E-state index is -0.935. The lowest BCUT2D eigenvalue weighted by molar-refractivity contribution is -0.132. The molecule has 5 N–H and O–H groups in total. The third-order valence-corrected chi connectivity index (χ3v) is 1.52. The lowest BCUT2D eigenvalue weighted by Crippen LogP contribution is -2.20. The fourth-order valence-corrected chi connectivity index (χ4v) is 0.516. The van der Waals surface area contributed by atoms with Gasteiger partial charge < -0.3 is 26.4 Å². The van der Waals surface area contributed by atoms with Crippen LogP contribution in [0.3, 0.4) is 0 Å². The van der Waals surface area contributed by atoms with Gasteiger partial charge in [0.25, 0.3) is 0 Å². The molecule has 0 aliphatic carbocycles. The maximum absolute atomic E-state index is 9.60. The SMILES string of the molecule is C=C(C)C(=O)O.CN(C)CCN.CN(C)CCN.Cl. The highest BCUT2D eigenvalue weighted by Gasteiger charge is 1.90. The standard InChI is InChI=1S/2C4H12N2.C4H6O2.ClH/c2*1-6(2)4-3-5;1-3(2)4(5)6;/h2*3-5H2,1-2H3;1H2,2H3,(H,5,6);1H. The Balaban J connectivity index is -0.0000000865. The smallest absolute Gasteiger partial charge is 0.330 e. The molecule has 0 unspecified atom stereocenters. The summed E-state index contributed by atoms with van der Waals surface area (Å²) in [4.78, 5) is 13.7. The number of aliphatic carboxylic acids is 1. The molecule has 118 valence electrons. The van der Waals surface area contributed by atoms with Crippen molar-refractivity contribution in [1.29, 1.82) is 0 Å². The van der Waals surface area contributed by atoms with E-state index in [9.17, 15) is 4.79 Å². The van der Waals surface area contributed by atoms with Gasteiger partial charge in [0, 0.05) is 31.8 Å². The summed E-state index contributed by atoms with van der Waals surface area (Å²) in [7, 11) is 8.03. The minimum absolute atomic E-state index is 0. The predicted molar refractivity (Wildman–Crippen MR) is 84.9 cm³/mol. The fraction of sp³-hybridized carbons (Fsp3) is 0.750. The Hall–Kier alpha value is -0.660. The number of hydrogen-bond donors (Lipinski definition) is 3. The van der Waals surface area contributed by atoms with Crippen LogP contribution >= 0.6 is 12.4 Å². The number of halogens is 1. The minimum Gasteiger partial charge on any atom is -0.478 e. The van der Waals surface area contributed by atoms with E-state index < -0.39 is 5.97 Å². The molecule has 0 aromatic rings. The Labute approximate surface area is 123 Å². The van der Waals surface area contributed by atoms with Crippen molar-refractivity contribution in [2.24, 2.45) is 11.5 Å². The van der Waals surface area contributed by atoms with Crippen LogP contribution in [0.15, 0.2) is 12.2 Å². The van der Waals surface area contributed by atoms with Crippen molar-refractivity contribution in [3.05, 3.63) is 12.2 Å². The first-order valence-electron chi connectivity index (χ1n) is 5.77. The van der Waals surface area contributed by atoms with Crippen LogP contribution in [-0.4, -0.2) is 75.2 Å². The van der Waals surface area contributed by atoms with E-state index in [1.807, 2.05) is 28.2 Å². The first kappa shape index (κ1) is 26.8. The van der Waals surface area contributed by atoms with Gasteiger partial charge in [-0.05, 0) is 35.1 Å². The van der Waals surface area contributed by atoms with Crippen molar-refractivity contribution in [3.63, 3.8) is 0 Å². The van der Waals surface area contributed by atoms with Crippen LogP contribution in [0.1, 0.15) is 6.92 Å². The second kappa shape index (κ2) is 19.7. The normalized spacial score (nSPS) is 8.68. The number of nitrogens with two attached hydrogens (primary N) is 2. The van der Waals surface area contributed by atoms with E-state index in [0.717, 1.165) is 26.2 Å². The molecule has 0 radical (unpaired) electrons. The van der Waals surface area contributed by atoms with Crippen LogP contribution in [0, 0.1) is 0 Å². The summed E-state index contributed by atoms with van der Waals surface area (Å²) < 4.78 is 0. The van der Waals surface area contributed by atoms with E-state index in [2.05, 4.69) is 16.4 Å². The van der Waals surface area contributed by atoms with Crippen LogP contribution in [-0.2, 0) is 4.79 Å². The molecule has 6 nitrogen and oxygen atoms in total. The van der Waals surface area contributed by atoms with Gasteiger partial charge in [-0.15, -0.1) is 12.4 Å². The first-order chi connectivity index (χ1) is 8.18. The molecule has 0 aromatic heterocycles. The number of likely N-dealkylation sites (N-methyl/N-ethyl adjacent to an activating group) is 2. The molecule has 0 bridgehead atoms. The number of hydrogen-bond acceptors (Lipinski definition) is 5. The van der Waals surface area contributed by atoms with Crippen molar-refractivity contribution >= 4 is 18.4 Å². The van der Waals surface area contributed by atoms with Crippen LogP contribution in [0.25, 0.3) is 0 Å². The molecule has 0 aliphatic rings. The zero-order chi connectivity index (χ0) is 15.1. The van der Waals surface area contributed by atoms with E-state index in [-0.39, 0.29) is 18.0 Å². The number of carboxylic acids is 1.